The molecule has 0 aliphatic rings. The number of para-hydroxylation sites is 1. The fourth-order valence-corrected chi connectivity index (χ4v) is 0.925. The molecule has 0 aliphatic carbocycles. The zero-order valence-corrected chi connectivity index (χ0v) is 10.5. The topological polar surface area (TPSA) is 33.0 Å². The summed E-state index contributed by atoms with van der Waals surface area (Å²) in [5, 5.41) is 8.28. The molecule has 16 heavy (non-hydrogen) atoms. The van der Waals surface area contributed by atoms with Crippen molar-refractivity contribution in [2.24, 2.45) is 0 Å². The number of rotatable bonds is 3. The third-order valence-corrected chi connectivity index (χ3v) is 1.57. The minimum Gasteiger partial charge on any atom is -0.492 e. The van der Waals surface area contributed by atoms with Crippen molar-refractivity contribution in [3.05, 3.63) is 43.0 Å². The minimum absolute atomic E-state index is 0.439. The zero-order chi connectivity index (χ0) is 12.8. The first-order chi connectivity index (χ1) is 7.84. The summed E-state index contributed by atoms with van der Waals surface area (Å²) in [4.78, 5) is 0. The molecule has 1 aromatic carbocycles. The Morgan fingerprint density at radius 1 is 1.25 bits per heavy atom. The van der Waals surface area contributed by atoms with Gasteiger partial charge in [-0.3, -0.25) is 0 Å². The van der Waals surface area contributed by atoms with Gasteiger partial charge in [-0.05, 0) is 18.6 Å². The van der Waals surface area contributed by atoms with Crippen molar-refractivity contribution in [2.75, 3.05) is 6.61 Å². The van der Waals surface area contributed by atoms with Crippen LogP contribution in [0.1, 0.15) is 25.8 Å². The summed E-state index contributed by atoms with van der Waals surface area (Å²) in [6.07, 6.45) is 0.439. The number of hydrogen-bond acceptors (Lipinski definition) is 2. The highest BCUT2D eigenvalue weighted by molar-refractivity contribution is 5.31. The standard InChI is InChI=1S/C10H11NO.C2H6.C2H4/c1-9-5-2-3-6-10(9)12-8-4-7-11;2*1-2/h2-3,5-6H,4,8H2,1H3;1-2H3;1-2H2. The van der Waals surface area contributed by atoms with Crippen LogP contribution in [-0.4, -0.2) is 6.61 Å². The first kappa shape index (κ1) is 16.7. The third kappa shape index (κ3) is 7.64. The van der Waals surface area contributed by atoms with Crippen LogP contribution < -0.4 is 4.74 Å². The van der Waals surface area contributed by atoms with E-state index in [4.69, 9.17) is 10.00 Å². The fraction of sp³-hybridized carbons (Fsp3) is 0.357. The molecule has 2 nitrogen and oxygen atoms in total. The summed E-state index contributed by atoms with van der Waals surface area (Å²) in [7, 11) is 0. The summed E-state index contributed by atoms with van der Waals surface area (Å²) >= 11 is 0. The Hall–Kier alpha value is -1.75. The van der Waals surface area contributed by atoms with E-state index in [9.17, 15) is 0 Å². The van der Waals surface area contributed by atoms with E-state index in [0.717, 1.165) is 11.3 Å². The number of hydrogen-bond donors (Lipinski definition) is 0. The molecular formula is C14H21NO. The predicted octanol–water partition coefficient (Wildman–Crippen LogP) is 4.12. The molecular weight excluding hydrogens is 198 g/mol. The summed E-state index contributed by atoms with van der Waals surface area (Å²) in [6.45, 7) is 12.5. The van der Waals surface area contributed by atoms with Crippen molar-refractivity contribution in [1.82, 2.24) is 0 Å². The molecule has 0 atom stereocenters. The summed E-state index contributed by atoms with van der Waals surface area (Å²) in [5.41, 5.74) is 1.11. The second-order valence-electron chi connectivity index (χ2n) is 2.52. The van der Waals surface area contributed by atoms with Crippen LogP contribution in [0.3, 0.4) is 0 Å². The van der Waals surface area contributed by atoms with E-state index < -0.39 is 0 Å². The molecule has 0 spiro atoms. The lowest BCUT2D eigenvalue weighted by Gasteiger charge is -2.05. The lowest BCUT2D eigenvalue weighted by Crippen LogP contribution is -1.96. The number of nitrogens with zero attached hydrogens (tertiary/aromatic N) is 1. The van der Waals surface area contributed by atoms with Gasteiger partial charge in [0.25, 0.3) is 0 Å². The van der Waals surface area contributed by atoms with Crippen LogP contribution in [0, 0.1) is 18.3 Å². The Kier molecular flexibility index (Phi) is 13.8. The lowest BCUT2D eigenvalue weighted by atomic mass is 10.2. The summed E-state index contributed by atoms with van der Waals surface area (Å²) in [5.74, 6) is 0.868. The van der Waals surface area contributed by atoms with Gasteiger partial charge in [-0.15, -0.1) is 13.2 Å². The molecule has 0 saturated carbocycles. The van der Waals surface area contributed by atoms with Crippen LogP contribution in [0.5, 0.6) is 5.75 Å². The molecule has 0 aromatic heterocycles. The SMILES string of the molecule is C=C.CC.Cc1ccccc1OCCC#N. The van der Waals surface area contributed by atoms with Crippen LogP contribution in [-0.2, 0) is 0 Å². The number of benzene rings is 1. The highest BCUT2D eigenvalue weighted by Gasteiger charge is 1.95. The van der Waals surface area contributed by atoms with Gasteiger partial charge in [-0.25, -0.2) is 0 Å². The molecule has 0 N–H and O–H groups in total. The lowest BCUT2D eigenvalue weighted by molar-refractivity contribution is 0.324. The molecule has 0 saturated heterocycles. The summed E-state index contributed by atoms with van der Waals surface area (Å²) < 4.78 is 5.35. The van der Waals surface area contributed by atoms with E-state index in [1.54, 1.807) is 0 Å². The van der Waals surface area contributed by atoms with Crippen molar-refractivity contribution >= 4 is 0 Å². The molecule has 0 radical (unpaired) electrons. The highest BCUT2D eigenvalue weighted by atomic mass is 16.5. The first-order valence-electron chi connectivity index (χ1n) is 5.40. The van der Waals surface area contributed by atoms with Crippen LogP contribution in [0.15, 0.2) is 37.4 Å². The maximum absolute atomic E-state index is 8.28. The van der Waals surface area contributed by atoms with Gasteiger partial charge in [0.05, 0.1) is 12.5 Å². The molecule has 0 bridgehead atoms. The van der Waals surface area contributed by atoms with Crippen LogP contribution >= 0.6 is 0 Å². The Balaban J connectivity index is 0. The molecule has 0 amide bonds. The van der Waals surface area contributed by atoms with Crippen molar-refractivity contribution in [3.8, 4) is 11.8 Å². The van der Waals surface area contributed by atoms with Gasteiger partial charge in [0.2, 0.25) is 0 Å². The molecule has 0 unspecified atom stereocenters. The van der Waals surface area contributed by atoms with E-state index in [0.29, 0.717) is 13.0 Å². The van der Waals surface area contributed by atoms with Gasteiger partial charge in [0.15, 0.2) is 0 Å². The average Bonchev–Trinajstić information content (AvgIpc) is 2.37. The summed E-state index contributed by atoms with van der Waals surface area (Å²) in [6, 6.07) is 9.82. The monoisotopic (exact) mass is 219 g/mol. The molecule has 1 rings (SSSR count). The van der Waals surface area contributed by atoms with Crippen molar-refractivity contribution < 1.29 is 4.74 Å². The Morgan fingerprint density at radius 2 is 1.81 bits per heavy atom. The van der Waals surface area contributed by atoms with E-state index in [1.165, 1.54) is 0 Å². The van der Waals surface area contributed by atoms with E-state index in [1.807, 2.05) is 51.1 Å². The second-order valence-corrected chi connectivity index (χ2v) is 2.52. The molecule has 0 heterocycles. The maximum atomic E-state index is 8.28. The van der Waals surface area contributed by atoms with Crippen LogP contribution in [0.2, 0.25) is 0 Å². The molecule has 2 heteroatoms. The van der Waals surface area contributed by atoms with E-state index in [2.05, 4.69) is 13.2 Å². The van der Waals surface area contributed by atoms with Gasteiger partial charge in [0, 0.05) is 0 Å². The van der Waals surface area contributed by atoms with Crippen LogP contribution in [0.25, 0.3) is 0 Å². The van der Waals surface area contributed by atoms with Gasteiger partial charge in [-0.2, -0.15) is 5.26 Å². The maximum Gasteiger partial charge on any atom is 0.122 e. The van der Waals surface area contributed by atoms with Gasteiger partial charge < -0.3 is 4.74 Å². The highest BCUT2D eigenvalue weighted by Crippen LogP contribution is 2.15. The van der Waals surface area contributed by atoms with E-state index in [-0.39, 0.29) is 0 Å². The van der Waals surface area contributed by atoms with Gasteiger partial charge in [0.1, 0.15) is 12.4 Å². The third-order valence-electron chi connectivity index (χ3n) is 1.57. The Labute approximate surface area is 99.2 Å². The smallest absolute Gasteiger partial charge is 0.122 e. The minimum atomic E-state index is 0.439. The molecule has 0 aliphatic heterocycles. The average molecular weight is 219 g/mol. The van der Waals surface area contributed by atoms with Crippen molar-refractivity contribution in [3.63, 3.8) is 0 Å². The Morgan fingerprint density at radius 3 is 2.31 bits per heavy atom. The molecule has 88 valence electrons. The quantitative estimate of drug-likeness (QED) is 0.566. The molecule has 0 fully saturated rings. The van der Waals surface area contributed by atoms with Gasteiger partial charge >= 0.3 is 0 Å². The zero-order valence-electron chi connectivity index (χ0n) is 10.5. The first-order valence-corrected chi connectivity index (χ1v) is 5.40. The normalized spacial score (nSPS) is 7.38. The van der Waals surface area contributed by atoms with Crippen molar-refractivity contribution in [2.45, 2.75) is 27.2 Å². The van der Waals surface area contributed by atoms with Crippen LogP contribution in [0.4, 0.5) is 0 Å². The fourth-order valence-electron chi connectivity index (χ4n) is 0.925. The largest absolute Gasteiger partial charge is 0.492 e. The van der Waals surface area contributed by atoms with Crippen molar-refractivity contribution in [1.29, 1.82) is 5.26 Å². The molecule has 1 aromatic rings. The number of nitriles is 1. The van der Waals surface area contributed by atoms with E-state index >= 15 is 0 Å². The second kappa shape index (κ2) is 13.2. The van der Waals surface area contributed by atoms with Gasteiger partial charge in [-0.1, -0.05) is 32.0 Å². The number of aryl methyl sites for hydroxylation is 1. The predicted molar refractivity (Wildman–Crippen MR) is 69.5 cm³/mol. The number of ether oxygens (including phenoxy) is 1. The Bertz CT molecular complexity index is 302.